The van der Waals surface area contributed by atoms with Crippen LogP contribution in [-0.2, 0) is 21.5 Å². The zero-order valence-corrected chi connectivity index (χ0v) is 38.8. The van der Waals surface area contributed by atoms with Crippen molar-refractivity contribution in [1.82, 2.24) is 29.4 Å². The number of carbonyl (C=O) groups is 3. The minimum atomic E-state index is -4.36. The van der Waals surface area contributed by atoms with Crippen molar-refractivity contribution in [3.63, 3.8) is 0 Å². The molecule has 0 saturated carbocycles. The predicted molar refractivity (Wildman–Crippen MR) is 254 cm³/mol. The number of benzene rings is 3. The molecule has 2 amide bonds. The van der Waals surface area contributed by atoms with Gasteiger partial charge in [0.1, 0.15) is 23.7 Å². The Morgan fingerprint density at radius 3 is 2.34 bits per heavy atom. The largest absolute Gasteiger partial charge is 0.372 e. The quantitative estimate of drug-likeness (QED) is 0.119. The lowest BCUT2D eigenvalue weighted by atomic mass is 9.94. The van der Waals surface area contributed by atoms with E-state index in [1.54, 1.807) is 17.2 Å². The summed E-state index contributed by atoms with van der Waals surface area (Å²) in [5.74, 6) is -3.21. The molecule has 3 aromatic carbocycles. The number of nitrogens with zero attached hydrogens (tertiary/aromatic N) is 6. The number of allylic oxidation sites excluding steroid dienone is 1. The number of piperidine rings is 2. The Labute approximate surface area is 393 Å². The van der Waals surface area contributed by atoms with Gasteiger partial charge in [0.2, 0.25) is 11.7 Å². The number of alkyl halides is 1. The minimum absolute atomic E-state index is 0.00495. The number of fused-ring (bicyclic) bond motifs is 2. The van der Waals surface area contributed by atoms with Gasteiger partial charge in [-0.2, -0.15) is 12.7 Å². The van der Waals surface area contributed by atoms with E-state index in [1.165, 1.54) is 6.20 Å². The Balaban J connectivity index is 0.755. The van der Waals surface area contributed by atoms with E-state index in [0.717, 1.165) is 84.5 Å². The lowest BCUT2D eigenvalue weighted by Gasteiger charge is -2.47. The van der Waals surface area contributed by atoms with Crippen molar-refractivity contribution in [1.29, 1.82) is 0 Å². The summed E-state index contributed by atoms with van der Waals surface area (Å²) in [6, 6.07) is 17.7. The highest BCUT2D eigenvalue weighted by atomic mass is 32.2. The monoisotopic (exact) mass is 949 g/mol. The highest BCUT2D eigenvalue weighted by Gasteiger charge is 2.39. The van der Waals surface area contributed by atoms with Crippen molar-refractivity contribution in [2.24, 2.45) is 5.92 Å². The molecule has 5 aliphatic heterocycles. The zero-order chi connectivity index (χ0) is 47.6. The van der Waals surface area contributed by atoms with Gasteiger partial charge in [0, 0.05) is 116 Å². The number of nitrogens with one attached hydrogen (secondary N) is 3. The summed E-state index contributed by atoms with van der Waals surface area (Å²) in [6.45, 7) is 13.1. The molecule has 1 unspecified atom stereocenters. The third-order valence-corrected chi connectivity index (χ3v) is 15.9. The number of piperazine rings is 1. The number of hydrogen-bond acceptors (Lipinski definition) is 9. The smallest absolute Gasteiger partial charge is 0.301 e. The first-order valence-electron chi connectivity index (χ1n) is 23.3. The second-order valence-electron chi connectivity index (χ2n) is 19.0. The maximum atomic E-state index is 15.8. The van der Waals surface area contributed by atoms with Crippen molar-refractivity contribution in [3.8, 4) is 11.1 Å². The minimum Gasteiger partial charge on any atom is -0.372 e. The molecule has 5 aliphatic rings. The molecule has 0 bridgehead atoms. The Bertz CT molecular complexity index is 2930. The van der Waals surface area contributed by atoms with E-state index < -0.39 is 51.1 Å². The summed E-state index contributed by atoms with van der Waals surface area (Å²) in [7, 11) is -4.36. The van der Waals surface area contributed by atoms with Crippen LogP contribution in [0, 0.1) is 17.6 Å². The van der Waals surface area contributed by atoms with E-state index in [9.17, 15) is 27.2 Å². The summed E-state index contributed by atoms with van der Waals surface area (Å²) in [4.78, 5) is 56.3. The van der Waals surface area contributed by atoms with Crippen molar-refractivity contribution in [2.45, 2.75) is 76.8 Å². The summed E-state index contributed by atoms with van der Waals surface area (Å²) in [5, 5.41) is 3.15. The van der Waals surface area contributed by atoms with E-state index in [-0.39, 0.29) is 49.0 Å². The number of pyridine rings is 1. The molecule has 5 aromatic rings. The third kappa shape index (κ3) is 8.62. The first-order valence-corrected chi connectivity index (χ1v) is 24.8. The van der Waals surface area contributed by atoms with Crippen LogP contribution in [-0.4, -0.2) is 120 Å². The fourth-order valence-electron chi connectivity index (χ4n) is 10.9. The maximum absolute atomic E-state index is 15.8. The van der Waals surface area contributed by atoms with E-state index >= 15 is 8.78 Å². The number of aromatic amines is 1. The molecule has 18 heteroatoms. The van der Waals surface area contributed by atoms with Gasteiger partial charge in [0.15, 0.2) is 5.82 Å². The van der Waals surface area contributed by atoms with Gasteiger partial charge >= 0.3 is 10.2 Å². The number of hydrogen-bond donors (Lipinski definition) is 3. The molecule has 7 heterocycles. The third-order valence-electron chi connectivity index (χ3n) is 14.4. The molecule has 4 saturated heterocycles. The molecular weight excluding hydrogens is 896 g/mol. The van der Waals surface area contributed by atoms with Crippen LogP contribution in [0.5, 0.6) is 0 Å². The summed E-state index contributed by atoms with van der Waals surface area (Å²) >= 11 is 0. The SMILES string of the molecule is C=C1CCC(N2Cc3cc(N4CCC(CN5C[C@@H](C)N(c6ccc(-c7cnc8[nH]cc(C(=O)c9c(F)ccc(NS(=O)(=O)N%10CC[C@@H](F)C%10)c9F)c8c7)cc6)[C@@H](C)C5)CC4)ccc3C2=O)C(=O)N1. The van der Waals surface area contributed by atoms with Gasteiger partial charge in [0.05, 0.1) is 11.3 Å². The molecule has 68 heavy (non-hydrogen) atoms. The van der Waals surface area contributed by atoms with Gasteiger partial charge in [-0.25, -0.2) is 18.2 Å². The standard InChI is InChI=1S/C50H54F3N9O5S/c1-29-4-13-44(49(64)56-29)61-27-35-20-38(9-10-39(35)50(61)65)59-17-14-32(15-18-59)26-58-24-30(2)62(31(3)25-58)37-7-5-33(6-8-37)34-21-40-41(23-55-48(40)54-22-34)47(63)45-42(52)11-12-43(46(45)53)57-68(66,67)60-19-16-36(51)28-60/h5-12,20-23,30-32,36,44,57H,1,4,13-19,24-28H2,2-3H3,(H,54,55)(H,56,64)/t30-,31+,36-,44?/m1/s1. The summed E-state index contributed by atoms with van der Waals surface area (Å²) in [6.07, 6.45) is 5.05. The van der Waals surface area contributed by atoms with Crippen LogP contribution in [0.25, 0.3) is 22.2 Å². The molecule has 4 atom stereocenters. The van der Waals surface area contributed by atoms with Crippen LogP contribution in [0.1, 0.15) is 77.8 Å². The predicted octanol–water partition coefficient (Wildman–Crippen LogP) is 7.00. The molecule has 0 spiro atoms. The summed E-state index contributed by atoms with van der Waals surface area (Å²) in [5.41, 5.74) is 4.81. The summed E-state index contributed by atoms with van der Waals surface area (Å²) < 4.78 is 73.4. The lowest BCUT2D eigenvalue weighted by molar-refractivity contribution is -0.126. The lowest BCUT2D eigenvalue weighted by Crippen LogP contribution is -2.58. The van der Waals surface area contributed by atoms with Crippen LogP contribution < -0.4 is 19.8 Å². The number of anilines is 3. The Morgan fingerprint density at radius 1 is 0.897 bits per heavy atom. The number of ketones is 1. The number of rotatable bonds is 11. The molecule has 356 valence electrons. The molecular formula is C50H54F3N9O5S. The number of aromatic nitrogens is 2. The average molecular weight is 950 g/mol. The first kappa shape index (κ1) is 45.5. The van der Waals surface area contributed by atoms with Crippen LogP contribution in [0.4, 0.5) is 30.2 Å². The van der Waals surface area contributed by atoms with E-state index in [1.807, 2.05) is 24.3 Å². The van der Waals surface area contributed by atoms with E-state index in [2.05, 4.69) is 73.3 Å². The number of H-pyrrole nitrogens is 1. The highest BCUT2D eigenvalue weighted by Crippen LogP contribution is 2.35. The molecule has 4 fully saturated rings. The maximum Gasteiger partial charge on any atom is 0.301 e. The fourth-order valence-corrected chi connectivity index (χ4v) is 12.2. The van der Waals surface area contributed by atoms with Crippen LogP contribution in [0.15, 0.2) is 85.3 Å². The average Bonchev–Trinajstić information content (AvgIpc) is 4.04. The van der Waals surface area contributed by atoms with Crippen LogP contribution in [0.3, 0.4) is 0 Å². The second-order valence-corrected chi connectivity index (χ2v) is 20.7. The van der Waals surface area contributed by atoms with Crippen molar-refractivity contribution in [2.75, 3.05) is 60.3 Å². The van der Waals surface area contributed by atoms with Gasteiger partial charge in [0.25, 0.3) is 5.91 Å². The number of carbonyl (C=O) groups excluding carboxylic acids is 3. The zero-order valence-electron chi connectivity index (χ0n) is 38.0. The number of halogens is 3. The molecule has 0 radical (unpaired) electrons. The number of amides is 2. The van der Waals surface area contributed by atoms with Gasteiger partial charge in [-0.3, -0.25) is 24.0 Å². The first-order chi connectivity index (χ1) is 32.6. The normalized spacial score (nSPS) is 23.1. The van der Waals surface area contributed by atoms with Gasteiger partial charge in [-0.15, -0.1) is 0 Å². The molecule has 14 nitrogen and oxygen atoms in total. The van der Waals surface area contributed by atoms with Gasteiger partial charge in [-0.05, 0) is 112 Å². The van der Waals surface area contributed by atoms with Gasteiger partial charge in [-0.1, -0.05) is 18.7 Å². The van der Waals surface area contributed by atoms with E-state index in [4.69, 9.17) is 0 Å². The highest BCUT2D eigenvalue weighted by molar-refractivity contribution is 7.90. The molecule has 0 aliphatic carbocycles. The Morgan fingerprint density at radius 2 is 1.63 bits per heavy atom. The van der Waals surface area contributed by atoms with Crippen molar-refractivity contribution >= 4 is 55.9 Å². The Kier molecular flexibility index (Phi) is 12.1. The molecule has 2 aromatic heterocycles. The van der Waals surface area contributed by atoms with Crippen LogP contribution >= 0.6 is 0 Å². The van der Waals surface area contributed by atoms with Crippen molar-refractivity contribution in [3.05, 3.63) is 119 Å². The van der Waals surface area contributed by atoms with Crippen LogP contribution in [0.2, 0.25) is 0 Å². The van der Waals surface area contributed by atoms with E-state index in [0.29, 0.717) is 53.2 Å². The second kappa shape index (κ2) is 18.0. The molecule has 10 rings (SSSR count). The topological polar surface area (TPSA) is 154 Å². The Hall–Kier alpha value is -6.24. The fraction of sp³-hybridized carbons (Fsp3) is 0.400. The van der Waals surface area contributed by atoms with Crippen molar-refractivity contribution < 1.29 is 36.0 Å². The molecule has 3 N–H and O–H groups in total. The van der Waals surface area contributed by atoms with Gasteiger partial charge < -0.3 is 25.0 Å².